The summed E-state index contributed by atoms with van der Waals surface area (Å²) in [5.41, 5.74) is 2.10. The predicted octanol–water partition coefficient (Wildman–Crippen LogP) is 4.37. The van der Waals surface area contributed by atoms with E-state index >= 15 is 0 Å². The zero-order chi connectivity index (χ0) is 18.9. The van der Waals surface area contributed by atoms with Crippen LogP contribution in [0.25, 0.3) is 0 Å². The molecule has 3 aromatic carbocycles. The summed E-state index contributed by atoms with van der Waals surface area (Å²) in [5.74, 6) is 1.43. The monoisotopic (exact) mass is 361 g/mol. The lowest BCUT2D eigenvalue weighted by atomic mass is 9.98. The molecule has 0 aromatic heterocycles. The lowest BCUT2D eigenvalue weighted by Gasteiger charge is -2.20. The van der Waals surface area contributed by atoms with Crippen LogP contribution in [0.5, 0.6) is 11.5 Å². The van der Waals surface area contributed by atoms with Crippen LogP contribution < -0.4 is 14.8 Å². The Bertz CT molecular complexity index is 793. The van der Waals surface area contributed by atoms with Gasteiger partial charge in [-0.25, -0.2) is 0 Å². The number of hydrogen-bond acceptors (Lipinski definition) is 3. The zero-order valence-corrected chi connectivity index (χ0v) is 15.3. The normalized spacial score (nSPS) is 10.4. The van der Waals surface area contributed by atoms with E-state index in [1.54, 1.807) is 7.11 Å². The molecule has 0 saturated carbocycles. The summed E-state index contributed by atoms with van der Waals surface area (Å²) in [4.78, 5) is 12.5. The molecule has 138 valence electrons. The molecule has 0 aliphatic carbocycles. The average molecular weight is 361 g/mol. The topological polar surface area (TPSA) is 47.6 Å². The highest BCUT2D eigenvalue weighted by atomic mass is 16.5. The molecule has 0 heterocycles. The third-order valence-corrected chi connectivity index (χ3v) is 4.23. The van der Waals surface area contributed by atoms with Crippen molar-refractivity contribution in [1.82, 2.24) is 5.32 Å². The van der Waals surface area contributed by atoms with E-state index in [4.69, 9.17) is 9.47 Å². The fourth-order valence-corrected chi connectivity index (χ4v) is 2.82. The van der Waals surface area contributed by atoms with Crippen molar-refractivity contribution in [2.75, 3.05) is 13.7 Å². The van der Waals surface area contributed by atoms with Crippen molar-refractivity contribution < 1.29 is 14.3 Å². The second kappa shape index (κ2) is 9.43. The molecule has 0 aliphatic rings. The molecule has 0 unspecified atom stereocenters. The smallest absolute Gasteiger partial charge is 0.224 e. The molecule has 0 aliphatic heterocycles. The molecule has 0 bridgehead atoms. The van der Waals surface area contributed by atoms with Gasteiger partial charge in [0.05, 0.1) is 26.2 Å². The highest BCUT2D eigenvalue weighted by molar-refractivity contribution is 5.77. The van der Waals surface area contributed by atoms with Gasteiger partial charge in [-0.15, -0.1) is 0 Å². The molecule has 1 amide bonds. The maximum Gasteiger partial charge on any atom is 0.224 e. The maximum atomic E-state index is 12.5. The van der Waals surface area contributed by atoms with Crippen molar-refractivity contribution in [2.45, 2.75) is 12.5 Å². The molecule has 4 nitrogen and oxygen atoms in total. The van der Waals surface area contributed by atoms with E-state index in [-0.39, 0.29) is 18.4 Å². The van der Waals surface area contributed by atoms with Crippen LogP contribution in [-0.2, 0) is 4.79 Å². The van der Waals surface area contributed by atoms with Crippen molar-refractivity contribution in [3.63, 3.8) is 0 Å². The Morgan fingerprint density at radius 3 is 1.85 bits per heavy atom. The van der Waals surface area contributed by atoms with Crippen molar-refractivity contribution in [3.05, 3.63) is 96.1 Å². The molecular formula is C23H23NO3. The summed E-state index contributed by atoms with van der Waals surface area (Å²) in [6.45, 7) is 0.314. The Morgan fingerprint density at radius 2 is 1.33 bits per heavy atom. The largest absolute Gasteiger partial charge is 0.497 e. The van der Waals surface area contributed by atoms with Crippen LogP contribution in [0.1, 0.15) is 23.6 Å². The summed E-state index contributed by atoms with van der Waals surface area (Å²) < 4.78 is 10.8. The van der Waals surface area contributed by atoms with Gasteiger partial charge in [0.2, 0.25) is 5.91 Å². The van der Waals surface area contributed by atoms with Gasteiger partial charge >= 0.3 is 0 Å². The molecule has 3 aromatic rings. The number of nitrogens with one attached hydrogen (secondary N) is 1. The Kier molecular flexibility index (Phi) is 6.47. The number of carbonyl (C=O) groups is 1. The van der Waals surface area contributed by atoms with Gasteiger partial charge in [0, 0.05) is 0 Å². The van der Waals surface area contributed by atoms with Gasteiger partial charge in [-0.05, 0) is 35.4 Å². The van der Waals surface area contributed by atoms with Gasteiger partial charge in [0.25, 0.3) is 0 Å². The zero-order valence-electron chi connectivity index (χ0n) is 15.3. The quantitative estimate of drug-likeness (QED) is 0.648. The van der Waals surface area contributed by atoms with E-state index in [2.05, 4.69) is 5.32 Å². The van der Waals surface area contributed by atoms with Crippen LogP contribution in [0.15, 0.2) is 84.9 Å². The molecule has 0 atom stereocenters. The molecule has 0 spiro atoms. The number of methoxy groups -OCH3 is 1. The van der Waals surface area contributed by atoms with Crippen LogP contribution in [0.4, 0.5) is 0 Å². The first kappa shape index (κ1) is 18.5. The van der Waals surface area contributed by atoms with Crippen molar-refractivity contribution in [2.24, 2.45) is 0 Å². The van der Waals surface area contributed by atoms with Crippen LogP contribution in [0.2, 0.25) is 0 Å². The third kappa shape index (κ3) is 5.35. The lowest BCUT2D eigenvalue weighted by Crippen LogP contribution is -2.30. The van der Waals surface area contributed by atoms with Gasteiger partial charge in [-0.1, -0.05) is 60.7 Å². The molecular weight excluding hydrogens is 338 g/mol. The SMILES string of the molecule is COc1ccc(OCCC(=O)NC(c2ccccc2)c2ccccc2)cc1. The summed E-state index contributed by atoms with van der Waals surface area (Å²) in [6, 6.07) is 27.1. The number of hydrogen-bond donors (Lipinski definition) is 1. The molecule has 0 saturated heterocycles. The second-order valence-corrected chi connectivity index (χ2v) is 6.10. The highest BCUT2D eigenvalue weighted by Gasteiger charge is 2.16. The van der Waals surface area contributed by atoms with Crippen LogP contribution in [0, 0.1) is 0 Å². The molecule has 0 radical (unpaired) electrons. The van der Waals surface area contributed by atoms with E-state index in [0.29, 0.717) is 12.4 Å². The standard InChI is InChI=1S/C23H23NO3/c1-26-20-12-14-21(15-13-20)27-17-16-22(25)24-23(18-8-4-2-5-9-18)19-10-6-3-7-11-19/h2-15,23H,16-17H2,1H3,(H,24,25). The first-order valence-corrected chi connectivity index (χ1v) is 8.92. The predicted molar refractivity (Wildman–Crippen MR) is 106 cm³/mol. The summed E-state index contributed by atoms with van der Waals surface area (Å²) in [6.07, 6.45) is 0.280. The lowest BCUT2D eigenvalue weighted by molar-refractivity contribution is -0.122. The molecule has 3 rings (SSSR count). The van der Waals surface area contributed by atoms with E-state index in [0.717, 1.165) is 16.9 Å². The minimum absolute atomic E-state index is 0.0544. The van der Waals surface area contributed by atoms with Gasteiger partial charge in [0.1, 0.15) is 11.5 Å². The molecule has 0 fully saturated rings. The van der Waals surface area contributed by atoms with E-state index in [1.807, 2.05) is 84.9 Å². The third-order valence-electron chi connectivity index (χ3n) is 4.23. The Labute approximate surface area is 159 Å². The average Bonchev–Trinajstić information content (AvgIpc) is 2.74. The number of carbonyl (C=O) groups excluding carboxylic acids is 1. The number of benzene rings is 3. The maximum absolute atomic E-state index is 12.5. The summed E-state index contributed by atoms with van der Waals surface area (Å²) in [5, 5.41) is 3.12. The van der Waals surface area contributed by atoms with Gasteiger partial charge < -0.3 is 14.8 Å². The Balaban J connectivity index is 1.59. The number of ether oxygens (including phenoxy) is 2. The first-order chi connectivity index (χ1) is 13.3. The second-order valence-electron chi connectivity index (χ2n) is 6.10. The minimum atomic E-state index is -0.180. The van der Waals surface area contributed by atoms with Gasteiger partial charge in [0.15, 0.2) is 0 Å². The summed E-state index contributed by atoms with van der Waals surface area (Å²) in [7, 11) is 1.62. The van der Waals surface area contributed by atoms with Crippen molar-refractivity contribution in [1.29, 1.82) is 0 Å². The van der Waals surface area contributed by atoms with Crippen LogP contribution >= 0.6 is 0 Å². The highest BCUT2D eigenvalue weighted by Crippen LogP contribution is 2.22. The fraction of sp³-hybridized carbons (Fsp3) is 0.174. The Morgan fingerprint density at radius 1 is 0.815 bits per heavy atom. The van der Waals surface area contributed by atoms with E-state index in [1.165, 1.54) is 0 Å². The summed E-state index contributed by atoms with van der Waals surface area (Å²) >= 11 is 0. The number of amides is 1. The fourth-order valence-electron chi connectivity index (χ4n) is 2.82. The van der Waals surface area contributed by atoms with Crippen molar-refractivity contribution in [3.8, 4) is 11.5 Å². The van der Waals surface area contributed by atoms with Gasteiger partial charge in [-0.3, -0.25) is 4.79 Å². The molecule has 1 N–H and O–H groups in total. The van der Waals surface area contributed by atoms with Crippen molar-refractivity contribution >= 4 is 5.91 Å². The first-order valence-electron chi connectivity index (χ1n) is 8.92. The number of rotatable bonds is 8. The van der Waals surface area contributed by atoms with Gasteiger partial charge in [-0.2, -0.15) is 0 Å². The Hall–Kier alpha value is -3.27. The molecule has 27 heavy (non-hydrogen) atoms. The van der Waals surface area contributed by atoms with Crippen LogP contribution in [-0.4, -0.2) is 19.6 Å². The molecule has 4 heteroatoms. The van der Waals surface area contributed by atoms with Crippen LogP contribution in [0.3, 0.4) is 0 Å². The minimum Gasteiger partial charge on any atom is -0.497 e. The van der Waals surface area contributed by atoms with E-state index in [9.17, 15) is 4.79 Å². The van der Waals surface area contributed by atoms with E-state index < -0.39 is 0 Å².